The molecule has 5 nitrogen and oxygen atoms in total. The van der Waals surface area contributed by atoms with Crippen molar-refractivity contribution in [1.29, 1.82) is 0 Å². The largest absolute Gasteiger partial charge is 0.477 e. The van der Waals surface area contributed by atoms with Crippen LogP contribution in [0.15, 0.2) is 54.6 Å². The van der Waals surface area contributed by atoms with Crippen LogP contribution in [-0.2, 0) is 11.2 Å². The third kappa shape index (κ3) is 6.81. The van der Waals surface area contributed by atoms with E-state index in [1.54, 1.807) is 12.1 Å². The van der Waals surface area contributed by atoms with Gasteiger partial charge in [0.05, 0.1) is 12.1 Å². The molecule has 1 aliphatic heterocycles. The number of rotatable bonds is 9. The maximum Gasteiger partial charge on any atom is 0.345 e. The van der Waals surface area contributed by atoms with Crippen molar-refractivity contribution >= 4 is 23.2 Å². The summed E-state index contributed by atoms with van der Waals surface area (Å²) in [5.41, 5.74) is 0.964. The summed E-state index contributed by atoms with van der Waals surface area (Å²) < 4.78 is 0. The zero-order valence-corrected chi connectivity index (χ0v) is 19.1. The first-order valence-corrected chi connectivity index (χ1v) is 11.8. The Balaban J connectivity index is 1.48. The van der Waals surface area contributed by atoms with Crippen molar-refractivity contribution in [3.8, 4) is 11.8 Å². The number of aromatic carboxylic acids is 1. The average molecular weight is 452 g/mol. The van der Waals surface area contributed by atoms with E-state index in [1.165, 1.54) is 11.3 Å². The highest BCUT2D eigenvalue weighted by Crippen LogP contribution is 2.23. The molecule has 0 spiro atoms. The molecule has 2 heterocycles. The van der Waals surface area contributed by atoms with Crippen LogP contribution < -0.4 is 0 Å². The number of aryl methyl sites for hydroxylation is 1. The van der Waals surface area contributed by atoms with E-state index in [0.717, 1.165) is 29.7 Å². The highest BCUT2D eigenvalue weighted by molar-refractivity contribution is 7.13. The van der Waals surface area contributed by atoms with Crippen molar-refractivity contribution in [2.45, 2.75) is 51.2 Å². The minimum Gasteiger partial charge on any atom is -0.477 e. The summed E-state index contributed by atoms with van der Waals surface area (Å²) in [7, 11) is 0. The molecule has 6 heteroatoms. The lowest BCUT2D eigenvalue weighted by molar-refractivity contribution is -0.128. The molecule has 0 radical (unpaired) electrons. The summed E-state index contributed by atoms with van der Waals surface area (Å²) >= 11 is 1.29. The van der Waals surface area contributed by atoms with Gasteiger partial charge in [-0.2, -0.15) is 0 Å². The predicted molar refractivity (Wildman–Crippen MR) is 127 cm³/mol. The van der Waals surface area contributed by atoms with Crippen LogP contribution in [0.1, 0.15) is 52.7 Å². The van der Waals surface area contributed by atoms with Crippen molar-refractivity contribution in [3.63, 3.8) is 0 Å². The normalized spacial score (nSPS) is 17.9. The van der Waals surface area contributed by atoms with Crippen molar-refractivity contribution in [1.82, 2.24) is 4.90 Å². The van der Waals surface area contributed by atoms with E-state index in [1.807, 2.05) is 54.3 Å². The molecule has 2 aromatic rings. The smallest absolute Gasteiger partial charge is 0.345 e. The first-order chi connectivity index (χ1) is 15.4. The number of carbonyl (C=O) groups is 2. The lowest BCUT2D eigenvalue weighted by Gasteiger charge is -2.23. The van der Waals surface area contributed by atoms with Gasteiger partial charge in [0, 0.05) is 29.8 Å². The highest BCUT2D eigenvalue weighted by Gasteiger charge is 2.28. The van der Waals surface area contributed by atoms with E-state index < -0.39 is 12.1 Å². The van der Waals surface area contributed by atoms with Gasteiger partial charge >= 0.3 is 5.97 Å². The second-order valence-corrected chi connectivity index (χ2v) is 9.26. The third-order valence-electron chi connectivity index (χ3n) is 5.61. The topological polar surface area (TPSA) is 77.8 Å². The van der Waals surface area contributed by atoms with Crippen LogP contribution in [0.4, 0.5) is 0 Å². The van der Waals surface area contributed by atoms with Crippen LogP contribution in [0.2, 0.25) is 0 Å². The van der Waals surface area contributed by atoms with Gasteiger partial charge in [-0.3, -0.25) is 4.79 Å². The van der Waals surface area contributed by atoms with E-state index in [-0.39, 0.29) is 17.9 Å². The van der Waals surface area contributed by atoms with Gasteiger partial charge in [0.2, 0.25) is 5.91 Å². The zero-order chi connectivity index (χ0) is 22.9. The second-order valence-electron chi connectivity index (χ2n) is 8.09. The number of aliphatic hydroxyl groups is 1. The maximum atomic E-state index is 12.3. The lowest BCUT2D eigenvalue weighted by Crippen LogP contribution is -2.33. The van der Waals surface area contributed by atoms with Gasteiger partial charge in [-0.25, -0.2) is 4.79 Å². The number of hydrogen-bond donors (Lipinski definition) is 2. The number of aliphatic hydroxyl groups excluding tert-OH is 1. The second kappa shape index (κ2) is 11.7. The van der Waals surface area contributed by atoms with Crippen molar-refractivity contribution < 1.29 is 19.8 Å². The standard InChI is InChI=1S/C26H29NO4S/c1-19(7-5-10-20-8-3-2-4-9-20)23(28)15-12-21-13-17-25(29)27(21)18-6-11-22-14-16-24(32-22)26(30)31/h2-4,8-9,12,14-16,19,21,23,28H,6-7,11,13,17-18H2,1H3,(H,30,31)/b15-12+/t19-,21+,23-/m1/s1. The van der Waals surface area contributed by atoms with E-state index in [0.29, 0.717) is 24.3 Å². The van der Waals surface area contributed by atoms with E-state index in [9.17, 15) is 14.7 Å². The van der Waals surface area contributed by atoms with Crippen LogP contribution in [0.3, 0.4) is 0 Å². The average Bonchev–Trinajstić information content (AvgIpc) is 3.40. The van der Waals surface area contributed by atoms with Gasteiger partial charge in [0.25, 0.3) is 0 Å². The molecule has 1 aromatic heterocycles. The summed E-state index contributed by atoms with van der Waals surface area (Å²) in [6, 6.07) is 13.2. The fourth-order valence-corrected chi connectivity index (χ4v) is 4.57. The monoisotopic (exact) mass is 451 g/mol. The zero-order valence-electron chi connectivity index (χ0n) is 18.2. The summed E-state index contributed by atoms with van der Waals surface area (Å²) in [4.78, 5) is 26.5. The molecule has 0 aliphatic carbocycles. The Morgan fingerprint density at radius 2 is 2.06 bits per heavy atom. The molecule has 0 unspecified atom stereocenters. The quantitative estimate of drug-likeness (QED) is 0.439. The minimum absolute atomic E-state index is 0.00216. The number of likely N-dealkylation sites (tertiary alicyclic amines) is 1. The van der Waals surface area contributed by atoms with Gasteiger partial charge in [-0.05, 0) is 49.4 Å². The first kappa shape index (κ1) is 23.8. The van der Waals surface area contributed by atoms with Crippen molar-refractivity contribution in [2.24, 2.45) is 5.92 Å². The molecule has 0 bridgehead atoms. The molecule has 1 amide bonds. The first-order valence-electron chi connectivity index (χ1n) is 11.0. The number of hydrogen-bond acceptors (Lipinski definition) is 4. The highest BCUT2D eigenvalue weighted by atomic mass is 32.1. The third-order valence-corrected chi connectivity index (χ3v) is 6.75. The number of nitrogens with zero attached hydrogens (tertiary/aromatic N) is 1. The molecule has 1 saturated heterocycles. The molecule has 1 fully saturated rings. The predicted octanol–water partition coefficient (Wildman–Crippen LogP) is 4.36. The molecule has 32 heavy (non-hydrogen) atoms. The van der Waals surface area contributed by atoms with Crippen LogP contribution >= 0.6 is 11.3 Å². The maximum absolute atomic E-state index is 12.3. The SMILES string of the molecule is C[C@H](CC#Cc1ccccc1)[C@H](O)/C=C/[C@H]1CCC(=O)N1CCCc1ccc(C(=O)O)s1. The molecular formula is C26H29NO4S. The van der Waals surface area contributed by atoms with Crippen LogP contribution in [0.25, 0.3) is 0 Å². The van der Waals surface area contributed by atoms with Gasteiger partial charge in [-0.1, -0.05) is 49.1 Å². The molecule has 3 rings (SSSR count). The van der Waals surface area contributed by atoms with Crippen molar-refractivity contribution in [2.75, 3.05) is 6.54 Å². The Bertz CT molecular complexity index is 1000. The molecule has 0 saturated carbocycles. The number of amides is 1. The molecule has 1 aromatic carbocycles. The van der Waals surface area contributed by atoms with Gasteiger partial charge in [0.1, 0.15) is 4.88 Å². The summed E-state index contributed by atoms with van der Waals surface area (Å²) in [5, 5.41) is 19.5. The molecular weight excluding hydrogens is 422 g/mol. The number of thiophene rings is 1. The Kier molecular flexibility index (Phi) is 8.66. The summed E-state index contributed by atoms with van der Waals surface area (Å²) in [6.07, 6.45) is 6.53. The molecule has 1 aliphatic rings. The Morgan fingerprint density at radius 1 is 1.28 bits per heavy atom. The Labute approximate surface area is 193 Å². The van der Waals surface area contributed by atoms with E-state index in [4.69, 9.17) is 5.11 Å². The van der Waals surface area contributed by atoms with E-state index in [2.05, 4.69) is 11.8 Å². The van der Waals surface area contributed by atoms with Crippen LogP contribution in [0, 0.1) is 17.8 Å². The molecule has 2 N–H and O–H groups in total. The number of benzene rings is 1. The number of carboxylic acid groups (broad SMARTS) is 1. The fraction of sp³-hybridized carbons (Fsp3) is 0.385. The number of carbonyl (C=O) groups excluding carboxylic acids is 1. The van der Waals surface area contributed by atoms with E-state index >= 15 is 0 Å². The summed E-state index contributed by atoms with van der Waals surface area (Å²) in [5.74, 6) is 5.47. The van der Waals surface area contributed by atoms with Gasteiger partial charge in [0.15, 0.2) is 0 Å². The molecule has 3 atom stereocenters. The van der Waals surface area contributed by atoms with Crippen molar-refractivity contribution in [3.05, 3.63) is 69.9 Å². The fourth-order valence-electron chi connectivity index (χ4n) is 3.69. The molecule has 168 valence electrons. The van der Waals surface area contributed by atoms with Crippen LogP contribution in [-0.4, -0.2) is 45.7 Å². The van der Waals surface area contributed by atoms with Crippen LogP contribution in [0.5, 0.6) is 0 Å². The Hall–Kier alpha value is -2.88. The minimum atomic E-state index is -0.903. The Morgan fingerprint density at radius 3 is 2.78 bits per heavy atom. The van der Waals surface area contributed by atoms with Gasteiger partial charge in [-0.15, -0.1) is 11.3 Å². The van der Waals surface area contributed by atoms with Gasteiger partial charge < -0.3 is 15.1 Å². The summed E-state index contributed by atoms with van der Waals surface area (Å²) in [6.45, 7) is 2.60. The lowest BCUT2D eigenvalue weighted by atomic mass is 9.99. The number of carboxylic acids is 1.